The van der Waals surface area contributed by atoms with Gasteiger partial charge in [-0.3, -0.25) is 4.79 Å². The molecule has 0 spiro atoms. The van der Waals surface area contributed by atoms with Crippen LogP contribution >= 0.6 is 0 Å². The Hall–Kier alpha value is -1.30. The molecule has 1 aliphatic heterocycles. The van der Waals surface area contributed by atoms with E-state index in [0.29, 0.717) is 25.6 Å². The SMILES string of the molecule is CCOC(=O)NC1CC(CCCO)CN(C(=O)C(C)C)C1. The Balaban J connectivity index is 2.65. The van der Waals surface area contributed by atoms with E-state index >= 15 is 0 Å². The van der Waals surface area contributed by atoms with Crippen LogP contribution in [0.25, 0.3) is 0 Å². The molecule has 0 aromatic heterocycles. The van der Waals surface area contributed by atoms with Crippen LogP contribution in [0.4, 0.5) is 4.79 Å². The number of likely N-dealkylation sites (tertiary alicyclic amines) is 1. The lowest BCUT2D eigenvalue weighted by molar-refractivity contribution is -0.136. The van der Waals surface area contributed by atoms with Gasteiger partial charge in [0.25, 0.3) is 0 Å². The van der Waals surface area contributed by atoms with Crippen LogP contribution in [0.2, 0.25) is 0 Å². The van der Waals surface area contributed by atoms with Crippen molar-refractivity contribution < 1.29 is 19.4 Å². The molecule has 0 bridgehead atoms. The maximum Gasteiger partial charge on any atom is 0.407 e. The van der Waals surface area contributed by atoms with Crippen molar-refractivity contribution in [1.82, 2.24) is 10.2 Å². The van der Waals surface area contributed by atoms with Gasteiger partial charge in [0, 0.05) is 25.6 Å². The minimum absolute atomic E-state index is 0.0511. The molecule has 6 nitrogen and oxygen atoms in total. The summed E-state index contributed by atoms with van der Waals surface area (Å²) < 4.78 is 4.91. The zero-order chi connectivity index (χ0) is 15.8. The van der Waals surface area contributed by atoms with Crippen molar-refractivity contribution in [3.63, 3.8) is 0 Å². The van der Waals surface area contributed by atoms with Crippen molar-refractivity contribution in [2.45, 2.75) is 46.1 Å². The molecule has 21 heavy (non-hydrogen) atoms. The number of nitrogens with zero attached hydrogens (tertiary/aromatic N) is 1. The summed E-state index contributed by atoms with van der Waals surface area (Å²) in [6.07, 6.45) is 1.97. The Morgan fingerprint density at radius 2 is 2.10 bits per heavy atom. The molecular weight excluding hydrogens is 272 g/mol. The Morgan fingerprint density at radius 1 is 1.38 bits per heavy atom. The van der Waals surface area contributed by atoms with E-state index in [2.05, 4.69) is 5.32 Å². The van der Waals surface area contributed by atoms with Gasteiger partial charge in [-0.1, -0.05) is 13.8 Å². The number of carbonyl (C=O) groups is 2. The molecule has 2 amide bonds. The zero-order valence-corrected chi connectivity index (χ0v) is 13.3. The minimum Gasteiger partial charge on any atom is -0.450 e. The summed E-state index contributed by atoms with van der Waals surface area (Å²) in [7, 11) is 0. The van der Waals surface area contributed by atoms with Gasteiger partial charge in [0.05, 0.1) is 12.6 Å². The first-order valence-corrected chi connectivity index (χ1v) is 7.80. The fraction of sp³-hybridized carbons (Fsp3) is 0.867. The Bertz CT molecular complexity index is 347. The van der Waals surface area contributed by atoms with Crippen molar-refractivity contribution in [1.29, 1.82) is 0 Å². The summed E-state index contributed by atoms with van der Waals surface area (Å²) in [6, 6.07) is -0.0795. The Labute approximate surface area is 126 Å². The average molecular weight is 300 g/mol. The fourth-order valence-corrected chi connectivity index (χ4v) is 2.78. The zero-order valence-electron chi connectivity index (χ0n) is 13.3. The summed E-state index contributed by atoms with van der Waals surface area (Å²) in [5, 5.41) is 11.8. The molecule has 6 heteroatoms. The molecule has 1 saturated heterocycles. The number of hydrogen-bond donors (Lipinski definition) is 2. The minimum atomic E-state index is -0.428. The number of aliphatic hydroxyl groups is 1. The third-order valence-electron chi connectivity index (χ3n) is 3.71. The smallest absolute Gasteiger partial charge is 0.407 e. The van der Waals surface area contributed by atoms with E-state index in [4.69, 9.17) is 9.84 Å². The third-order valence-corrected chi connectivity index (χ3v) is 3.71. The van der Waals surface area contributed by atoms with Gasteiger partial charge >= 0.3 is 6.09 Å². The number of alkyl carbamates (subject to hydrolysis) is 1. The van der Waals surface area contributed by atoms with Crippen LogP contribution < -0.4 is 5.32 Å². The highest BCUT2D eigenvalue weighted by Gasteiger charge is 2.31. The number of aliphatic hydroxyl groups excluding tert-OH is 1. The number of piperidine rings is 1. The first-order valence-electron chi connectivity index (χ1n) is 7.80. The lowest BCUT2D eigenvalue weighted by atomic mass is 9.90. The van der Waals surface area contributed by atoms with E-state index in [0.717, 1.165) is 19.3 Å². The second-order valence-corrected chi connectivity index (χ2v) is 5.93. The Morgan fingerprint density at radius 3 is 2.67 bits per heavy atom. The summed E-state index contributed by atoms with van der Waals surface area (Å²) in [5.74, 6) is 0.365. The van der Waals surface area contributed by atoms with Crippen molar-refractivity contribution in [3.8, 4) is 0 Å². The maximum atomic E-state index is 12.2. The highest BCUT2D eigenvalue weighted by molar-refractivity contribution is 5.78. The molecule has 0 aliphatic carbocycles. The molecule has 2 N–H and O–H groups in total. The molecule has 1 heterocycles. The largest absolute Gasteiger partial charge is 0.450 e. The summed E-state index contributed by atoms with van der Waals surface area (Å²) >= 11 is 0. The van der Waals surface area contributed by atoms with Crippen LogP contribution in [0, 0.1) is 11.8 Å². The first-order chi connectivity index (χ1) is 9.97. The predicted molar refractivity (Wildman–Crippen MR) is 79.8 cm³/mol. The van der Waals surface area contributed by atoms with Gasteiger partial charge in [-0.05, 0) is 32.1 Å². The summed E-state index contributed by atoms with van der Waals surface area (Å²) in [6.45, 7) is 7.26. The first kappa shape index (κ1) is 17.8. The van der Waals surface area contributed by atoms with Gasteiger partial charge in [-0.15, -0.1) is 0 Å². The molecule has 0 radical (unpaired) electrons. The standard InChI is InChI=1S/C15H28N2O4/c1-4-21-15(20)16-13-8-12(6-5-7-18)9-17(10-13)14(19)11(2)3/h11-13,18H,4-10H2,1-3H3,(H,16,20). The number of ether oxygens (including phenoxy) is 1. The maximum absolute atomic E-state index is 12.2. The van der Waals surface area contributed by atoms with Gasteiger partial charge in [-0.2, -0.15) is 0 Å². The molecule has 1 fully saturated rings. The number of nitrogens with one attached hydrogen (secondary N) is 1. The molecule has 0 saturated carbocycles. The highest BCUT2D eigenvalue weighted by Crippen LogP contribution is 2.22. The van der Waals surface area contributed by atoms with Crippen LogP contribution in [-0.4, -0.2) is 54.4 Å². The van der Waals surface area contributed by atoms with Gasteiger partial charge in [0.2, 0.25) is 5.91 Å². The average Bonchev–Trinajstić information content (AvgIpc) is 2.44. The highest BCUT2D eigenvalue weighted by atomic mass is 16.5. The fourth-order valence-electron chi connectivity index (χ4n) is 2.78. The normalized spacial score (nSPS) is 22.2. The van der Waals surface area contributed by atoms with Crippen LogP contribution in [0.5, 0.6) is 0 Å². The number of hydrogen-bond acceptors (Lipinski definition) is 4. The van der Waals surface area contributed by atoms with Crippen molar-refractivity contribution in [2.75, 3.05) is 26.3 Å². The molecule has 2 unspecified atom stereocenters. The molecule has 1 aliphatic rings. The Kier molecular flexibility index (Phi) is 7.50. The molecule has 0 aromatic rings. The van der Waals surface area contributed by atoms with E-state index in [9.17, 15) is 9.59 Å². The van der Waals surface area contributed by atoms with E-state index in [1.54, 1.807) is 6.92 Å². The second kappa shape index (κ2) is 8.87. The van der Waals surface area contributed by atoms with Crippen LogP contribution in [0.3, 0.4) is 0 Å². The summed E-state index contributed by atoms with van der Waals surface area (Å²) in [4.78, 5) is 25.6. The second-order valence-electron chi connectivity index (χ2n) is 5.93. The van der Waals surface area contributed by atoms with Crippen LogP contribution in [0.1, 0.15) is 40.0 Å². The monoisotopic (exact) mass is 300 g/mol. The van der Waals surface area contributed by atoms with Gasteiger partial charge in [-0.25, -0.2) is 4.79 Å². The molecule has 2 atom stereocenters. The topological polar surface area (TPSA) is 78.9 Å². The van der Waals surface area contributed by atoms with E-state index < -0.39 is 6.09 Å². The molecule has 1 rings (SSSR count). The van der Waals surface area contributed by atoms with E-state index in [1.807, 2.05) is 18.7 Å². The van der Waals surface area contributed by atoms with Gasteiger partial charge < -0.3 is 20.1 Å². The summed E-state index contributed by atoms with van der Waals surface area (Å²) in [5.41, 5.74) is 0. The van der Waals surface area contributed by atoms with Gasteiger partial charge in [0.15, 0.2) is 0 Å². The number of rotatable bonds is 6. The quantitative estimate of drug-likeness (QED) is 0.776. The van der Waals surface area contributed by atoms with Crippen molar-refractivity contribution >= 4 is 12.0 Å². The lowest BCUT2D eigenvalue weighted by Gasteiger charge is -2.38. The lowest BCUT2D eigenvalue weighted by Crippen LogP contribution is -2.53. The third kappa shape index (κ3) is 5.91. The number of carbonyl (C=O) groups excluding carboxylic acids is 2. The molecule has 0 aromatic carbocycles. The van der Waals surface area contributed by atoms with Gasteiger partial charge in [0.1, 0.15) is 0 Å². The predicted octanol–water partition coefficient (Wildman–Crippen LogP) is 1.38. The van der Waals surface area contributed by atoms with E-state index in [1.165, 1.54) is 0 Å². The van der Waals surface area contributed by atoms with Crippen LogP contribution in [-0.2, 0) is 9.53 Å². The number of amides is 2. The van der Waals surface area contributed by atoms with E-state index in [-0.39, 0.29) is 24.5 Å². The van der Waals surface area contributed by atoms with Crippen molar-refractivity contribution in [2.24, 2.45) is 11.8 Å². The molecule has 122 valence electrons. The molecular formula is C15H28N2O4. The van der Waals surface area contributed by atoms with Crippen LogP contribution in [0.15, 0.2) is 0 Å². The van der Waals surface area contributed by atoms with Crippen molar-refractivity contribution in [3.05, 3.63) is 0 Å².